The van der Waals surface area contributed by atoms with E-state index >= 15 is 0 Å². The molecule has 1 saturated heterocycles. The SMILES string of the molecule is C[C@@H](C(=O)OC(C)(C)C)[C@@H]1CCCO1. The minimum absolute atomic E-state index is 0.0600. The lowest BCUT2D eigenvalue weighted by atomic mass is 10.0. The number of hydrogen-bond acceptors (Lipinski definition) is 3. The molecule has 3 heteroatoms. The third kappa shape index (κ3) is 3.29. The molecule has 0 radical (unpaired) electrons. The standard InChI is InChI=1S/C11H20O3/c1-8(9-6-5-7-13-9)10(12)14-11(2,3)4/h8-9H,5-7H2,1-4H3/t8-,9+/m1/s1. The van der Waals surface area contributed by atoms with Gasteiger partial charge in [0.05, 0.1) is 12.0 Å². The highest BCUT2D eigenvalue weighted by Crippen LogP contribution is 2.22. The Bertz CT molecular complexity index is 199. The lowest BCUT2D eigenvalue weighted by Crippen LogP contribution is -2.33. The summed E-state index contributed by atoms with van der Waals surface area (Å²) in [5, 5.41) is 0. The van der Waals surface area contributed by atoms with Crippen molar-refractivity contribution in [2.24, 2.45) is 5.92 Å². The minimum atomic E-state index is -0.399. The van der Waals surface area contributed by atoms with Crippen LogP contribution in [0.4, 0.5) is 0 Å². The molecule has 0 saturated carbocycles. The Labute approximate surface area is 85.8 Å². The van der Waals surface area contributed by atoms with E-state index in [2.05, 4.69) is 0 Å². The van der Waals surface area contributed by atoms with Crippen molar-refractivity contribution in [2.45, 2.75) is 52.2 Å². The summed E-state index contributed by atoms with van der Waals surface area (Å²) >= 11 is 0. The van der Waals surface area contributed by atoms with E-state index in [9.17, 15) is 4.79 Å². The molecule has 0 N–H and O–H groups in total. The maximum atomic E-state index is 11.6. The zero-order chi connectivity index (χ0) is 10.8. The molecule has 1 heterocycles. The number of rotatable bonds is 2. The topological polar surface area (TPSA) is 35.5 Å². The normalized spacial score (nSPS) is 24.7. The number of carbonyl (C=O) groups is 1. The molecule has 0 bridgehead atoms. The van der Waals surface area contributed by atoms with Crippen LogP contribution in [0.1, 0.15) is 40.5 Å². The number of carbonyl (C=O) groups excluding carboxylic acids is 1. The molecule has 0 aromatic rings. The lowest BCUT2D eigenvalue weighted by Gasteiger charge is -2.24. The third-order valence-corrected chi connectivity index (χ3v) is 2.30. The number of ether oxygens (including phenoxy) is 2. The van der Waals surface area contributed by atoms with Crippen LogP contribution in [0.3, 0.4) is 0 Å². The fraction of sp³-hybridized carbons (Fsp3) is 0.909. The average Bonchev–Trinajstić information content (AvgIpc) is 2.51. The predicted molar refractivity (Wildman–Crippen MR) is 54.0 cm³/mol. The Kier molecular flexibility index (Phi) is 3.53. The zero-order valence-corrected chi connectivity index (χ0v) is 9.50. The molecule has 0 aromatic carbocycles. The Morgan fingerprint density at radius 3 is 2.57 bits per heavy atom. The van der Waals surface area contributed by atoms with E-state index in [1.54, 1.807) is 0 Å². The summed E-state index contributed by atoms with van der Waals surface area (Å²) in [6.45, 7) is 8.30. The molecule has 0 spiro atoms. The van der Waals surface area contributed by atoms with E-state index in [1.807, 2.05) is 27.7 Å². The Balaban J connectivity index is 2.43. The highest BCUT2D eigenvalue weighted by atomic mass is 16.6. The molecule has 0 aliphatic carbocycles. The molecule has 0 amide bonds. The summed E-state index contributed by atoms with van der Waals surface area (Å²) in [4.78, 5) is 11.6. The number of esters is 1. The Morgan fingerprint density at radius 2 is 2.14 bits per heavy atom. The molecular formula is C11H20O3. The van der Waals surface area contributed by atoms with Crippen LogP contribution in [0.25, 0.3) is 0 Å². The molecular weight excluding hydrogens is 180 g/mol. The van der Waals surface area contributed by atoms with Gasteiger partial charge in [-0.1, -0.05) is 0 Å². The molecule has 82 valence electrons. The van der Waals surface area contributed by atoms with Gasteiger partial charge in [0.15, 0.2) is 0 Å². The highest BCUT2D eigenvalue weighted by Gasteiger charge is 2.31. The summed E-state index contributed by atoms with van der Waals surface area (Å²) in [7, 11) is 0. The van der Waals surface area contributed by atoms with Gasteiger partial charge < -0.3 is 9.47 Å². The molecule has 1 rings (SSSR count). The smallest absolute Gasteiger partial charge is 0.311 e. The molecule has 1 fully saturated rings. The van der Waals surface area contributed by atoms with Crippen molar-refractivity contribution >= 4 is 5.97 Å². The first-order chi connectivity index (χ1) is 6.40. The zero-order valence-electron chi connectivity index (χ0n) is 9.50. The van der Waals surface area contributed by atoms with Gasteiger partial charge in [0, 0.05) is 6.61 Å². The first-order valence-electron chi connectivity index (χ1n) is 5.24. The van der Waals surface area contributed by atoms with Gasteiger partial charge in [0.25, 0.3) is 0 Å². The van der Waals surface area contributed by atoms with Gasteiger partial charge >= 0.3 is 5.97 Å². The minimum Gasteiger partial charge on any atom is -0.460 e. The molecule has 0 aromatic heterocycles. The van der Waals surface area contributed by atoms with Crippen LogP contribution in [0.15, 0.2) is 0 Å². The van der Waals surface area contributed by atoms with E-state index in [1.165, 1.54) is 0 Å². The summed E-state index contributed by atoms with van der Waals surface area (Å²) in [6.07, 6.45) is 2.09. The fourth-order valence-corrected chi connectivity index (χ4v) is 1.54. The van der Waals surface area contributed by atoms with E-state index in [4.69, 9.17) is 9.47 Å². The van der Waals surface area contributed by atoms with Crippen molar-refractivity contribution in [2.75, 3.05) is 6.61 Å². The predicted octanol–water partition coefficient (Wildman–Crippen LogP) is 2.14. The van der Waals surface area contributed by atoms with E-state index in [-0.39, 0.29) is 18.0 Å². The quantitative estimate of drug-likeness (QED) is 0.641. The van der Waals surface area contributed by atoms with Gasteiger partial charge in [-0.3, -0.25) is 4.79 Å². The lowest BCUT2D eigenvalue weighted by molar-refractivity contribution is -0.163. The molecule has 1 aliphatic rings. The second-order valence-corrected chi connectivity index (χ2v) is 4.87. The largest absolute Gasteiger partial charge is 0.460 e. The molecule has 14 heavy (non-hydrogen) atoms. The van der Waals surface area contributed by atoms with E-state index < -0.39 is 5.60 Å². The average molecular weight is 200 g/mol. The molecule has 0 unspecified atom stereocenters. The fourth-order valence-electron chi connectivity index (χ4n) is 1.54. The highest BCUT2D eigenvalue weighted by molar-refractivity contribution is 5.73. The number of hydrogen-bond donors (Lipinski definition) is 0. The third-order valence-electron chi connectivity index (χ3n) is 2.30. The molecule has 1 aliphatic heterocycles. The van der Waals surface area contributed by atoms with Crippen LogP contribution < -0.4 is 0 Å². The van der Waals surface area contributed by atoms with Crippen molar-refractivity contribution in [1.82, 2.24) is 0 Å². The van der Waals surface area contributed by atoms with Crippen LogP contribution in [0.5, 0.6) is 0 Å². The second kappa shape index (κ2) is 4.30. The summed E-state index contributed by atoms with van der Waals surface area (Å²) < 4.78 is 10.7. The summed E-state index contributed by atoms with van der Waals surface area (Å²) in [6, 6.07) is 0. The maximum Gasteiger partial charge on any atom is 0.311 e. The van der Waals surface area contributed by atoms with Crippen molar-refractivity contribution in [3.8, 4) is 0 Å². The van der Waals surface area contributed by atoms with Gasteiger partial charge in [0.2, 0.25) is 0 Å². The molecule has 3 nitrogen and oxygen atoms in total. The van der Waals surface area contributed by atoms with Gasteiger partial charge in [-0.15, -0.1) is 0 Å². The van der Waals surface area contributed by atoms with Gasteiger partial charge in [0.1, 0.15) is 5.60 Å². The second-order valence-electron chi connectivity index (χ2n) is 4.87. The van der Waals surface area contributed by atoms with Crippen LogP contribution >= 0.6 is 0 Å². The maximum absolute atomic E-state index is 11.6. The molecule has 2 atom stereocenters. The van der Waals surface area contributed by atoms with Gasteiger partial charge in [-0.2, -0.15) is 0 Å². The van der Waals surface area contributed by atoms with Crippen LogP contribution in [-0.2, 0) is 14.3 Å². The summed E-state index contributed by atoms with van der Waals surface area (Å²) in [5.74, 6) is -0.291. The van der Waals surface area contributed by atoms with Gasteiger partial charge in [-0.05, 0) is 40.5 Å². The Hall–Kier alpha value is -0.570. The monoisotopic (exact) mass is 200 g/mol. The van der Waals surface area contributed by atoms with Crippen LogP contribution in [-0.4, -0.2) is 24.3 Å². The summed E-state index contributed by atoms with van der Waals surface area (Å²) in [5.41, 5.74) is -0.399. The van der Waals surface area contributed by atoms with Gasteiger partial charge in [-0.25, -0.2) is 0 Å². The van der Waals surface area contributed by atoms with Crippen LogP contribution in [0.2, 0.25) is 0 Å². The Morgan fingerprint density at radius 1 is 1.50 bits per heavy atom. The van der Waals surface area contributed by atoms with E-state index in [0.29, 0.717) is 0 Å². The van der Waals surface area contributed by atoms with Crippen molar-refractivity contribution < 1.29 is 14.3 Å². The van der Waals surface area contributed by atoms with Crippen molar-refractivity contribution in [3.63, 3.8) is 0 Å². The first-order valence-corrected chi connectivity index (χ1v) is 5.24. The van der Waals surface area contributed by atoms with Crippen molar-refractivity contribution in [3.05, 3.63) is 0 Å². The first kappa shape index (κ1) is 11.5. The van der Waals surface area contributed by atoms with Crippen molar-refractivity contribution in [1.29, 1.82) is 0 Å². The van der Waals surface area contributed by atoms with Crippen LogP contribution in [0, 0.1) is 5.92 Å². The van der Waals surface area contributed by atoms with E-state index in [0.717, 1.165) is 19.4 Å².